The Balaban J connectivity index is 1.58. The van der Waals surface area contributed by atoms with E-state index in [-0.39, 0.29) is 34.7 Å². The van der Waals surface area contributed by atoms with Gasteiger partial charge in [-0.1, -0.05) is 36.4 Å². The summed E-state index contributed by atoms with van der Waals surface area (Å²) in [6, 6.07) is 18.4. The van der Waals surface area contributed by atoms with Crippen molar-refractivity contribution in [3.63, 3.8) is 0 Å². The van der Waals surface area contributed by atoms with Gasteiger partial charge in [0.25, 0.3) is 10.1 Å². The van der Waals surface area contributed by atoms with E-state index >= 15 is 0 Å². The summed E-state index contributed by atoms with van der Waals surface area (Å²) in [5.74, 6) is -0.301. The minimum atomic E-state index is -4.52. The van der Waals surface area contributed by atoms with Crippen LogP contribution in [0.1, 0.15) is 12.8 Å². The fourth-order valence-corrected chi connectivity index (χ4v) is 4.29. The maximum absolute atomic E-state index is 11.9. The molecular weight excluding hydrogens is 484 g/mol. The molecule has 0 fully saturated rings. The number of carbonyl (C=O) groups is 1. The van der Waals surface area contributed by atoms with Crippen LogP contribution in [0.15, 0.2) is 88.1 Å². The summed E-state index contributed by atoms with van der Waals surface area (Å²) in [6.45, 7) is 0.258. The quantitative estimate of drug-likeness (QED) is 0.118. The van der Waals surface area contributed by atoms with Gasteiger partial charge in [0, 0.05) is 22.8 Å². The van der Waals surface area contributed by atoms with Gasteiger partial charge in [0.05, 0.1) is 24.2 Å². The van der Waals surface area contributed by atoms with E-state index in [0.717, 1.165) is 5.56 Å². The highest BCUT2D eigenvalue weighted by Crippen LogP contribution is 2.37. The second-order valence-corrected chi connectivity index (χ2v) is 9.16. The van der Waals surface area contributed by atoms with Crippen LogP contribution in [0.25, 0.3) is 22.0 Å². The van der Waals surface area contributed by atoms with Gasteiger partial charge >= 0.3 is 5.97 Å². The number of ether oxygens (including phenoxy) is 1. The molecule has 1 aromatic heterocycles. The third-order valence-electron chi connectivity index (χ3n) is 5.28. The molecule has 0 aliphatic heterocycles. The lowest BCUT2D eigenvalue weighted by Crippen LogP contribution is -2.03. The molecule has 0 aliphatic rings. The molecule has 36 heavy (non-hydrogen) atoms. The van der Waals surface area contributed by atoms with Crippen LogP contribution < -0.4 is 10.5 Å². The van der Waals surface area contributed by atoms with Gasteiger partial charge in [0.1, 0.15) is 22.0 Å². The van der Waals surface area contributed by atoms with Gasteiger partial charge in [-0.3, -0.25) is 14.3 Å². The van der Waals surface area contributed by atoms with Crippen molar-refractivity contribution in [3.8, 4) is 17.0 Å². The van der Waals surface area contributed by atoms with Crippen molar-refractivity contribution in [1.29, 1.82) is 0 Å². The summed E-state index contributed by atoms with van der Waals surface area (Å²) in [7, 11) is -4.52. The second kappa shape index (κ2) is 10.5. The Morgan fingerprint density at radius 3 is 2.42 bits per heavy atom. The van der Waals surface area contributed by atoms with E-state index in [1.54, 1.807) is 42.5 Å². The number of nitrogen functional groups attached to an aromatic ring is 1. The van der Waals surface area contributed by atoms with Crippen molar-refractivity contribution in [2.24, 2.45) is 10.2 Å². The van der Waals surface area contributed by atoms with Crippen molar-refractivity contribution in [3.05, 3.63) is 72.9 Å². The van der Waals surface area contributed by atoms with Crippen molar-refractivity contribution in [1.82, 2.24) is 4.98 Å². The van der Waals surface area contributed by atoms with E-state index in [2.05, 4.69) is 15.2 Å². The molecule has 0 atom stereocenters. The van der Waals surface area contributed by atoms with Crippen LogP contribution in [-0.2, 0) is 14.9 Å². The number of nitrogens with zero attached hydrogens (tertiary/aromatic N) is 3. The summed E-state index contributed by atoms with van der Waals surface area (Å²) < 4.78 is 39.2. The Morgan fingerprint density at radius 2 is 1.72 bits per heavy atom. The third kappa shape index (κ3) is 5.65. The highest BCUT2D eigenvalue weighted by Gasteiger charge is 2.18. The van der Waals surface area contributed by atoms with E-state index < -0.39 is 16.1 Å². The molecule has 0 spiro atoms. The smallest absolute Gasteiger partial charge is 0.303 e. The topological polar surface area (TPSA) is 165 Å². The first-order valence-corrected chi connectivity index (χ1v) is 12.3. The zero-order valence-electron chi connectivity index (χ0n) is 18.9. The maximum Gasteiger partial charge on any atom is 0.303 e. The van der Waals surface area contributed by atoms with E-state index in [4.69, 9.17) is 15.6 Å². The number of fused-ring (bicyclic) bond motifs is 1. The van der Waals surface area contributed by atoms with Crippen molar-refractivity contribution in [2.45, 2.75) is 17.7 Å². The number of carboxylic acid groups (broad SMARTS) is 1. The number of rotatable bonds is 9. The molecule has 184 valence electrons. The molecule has 4 rings (SSSR count). The summed E-state index contributed by atoms with van der Waals surface area (Å²) in [4.78, 5) is 14.8. The van der Waals surface area contributed by atoms with E-state index in [9.17, 15) is 17.8 Å². The average molecular weight is 507 g/mol. The number of hydrogen-bond acceptors (Lipinski definition) is 8. The van der Waals surface area contributed by atoms with Gasteiger partial charge in [-0.25, -0.2) is 0 Å². The molecule has 4 N–H and O–H groups in total. The van der Waals surface area contributed by atoms with Gasteiger partial charge in [-0.05, 0) is 36.8 Å². The van der Waals surface area contributed by atoms with Crippen LogP contribution in [0.2, 0.25) is 0 Å². The van der Waals surface area contributed by atoms with Gasteiger partial charge in [-0.15, -0.1) is 10.2 Å². The maximum atomic E-state index is 11.9. The van der Waals surface area contributed by atoms with Crippen molar-refractivity contribution < 1.29 is 27.6 Å². The zero-order valence-corrected chi connectivity index (χ0v) is 19.7. The number of anilines is 1. The summed E-state index contributed by atoms with van der Waals surface area (Å²) >= 11 is 0. The van der Waals surface area contributed by atoms with Crippen molar-refractivity contribution in [2.75, 3.05) is 12.3 Å². The van der Waals surface area contributed by atoms with Gasteiger partial charge in [-0.2, -0.15) is 8.42 Å². The molecule has 0 unspecified atom stereocenters. The molecular formula is C25H22N4O6S. The number of aromatic nitrogens is 1. The molecule has 10 nitrogen and oxygen atoms in total. The van der Waals surface area contributed by atoms with Crippen LogP contribution in [-0.4, -0.2) is 35.6 Å². The Hall–Kier alpha value is -4.35. The molecule has 0 bridgehead atoms. The SMILES string of the molecule is Nc1c(/N=N/c2ccc(-c3ccccc3OCCCC(=O)O)nc2)cc(S(=O)(=O)O)c2ccccc12. The number of nitrogens with two attached hydrogens (primary N) is 1. The van der Waals surface area contributed by atoms with Gasteiger partial charge < -0.3 is 15.6 Å². The number of para-hydroxylation sites is 1. The Kier molecular flexibility index (Phi) is 7.23. The molecule has 4 aromatic rings. The Morgan fingerprint density at radius 1 is 1.00 bits per heavy atom. The van der Waals surface area contributed by atoms with Crippen LogP contribution in [0.4, 0.5) is 17.1 Å². The first kappa shape index (κ1) is 24.8. The minimum Gasteiger partial charge on any atom is -0.493 e. The molecule has 0 aliphatic carbocycles. The lowest BCUT2D eigenvalue weighted by Gasteiger charge is -2.11. The minimum absolute atomic E-state index is 0.0214. The lowest BCUT2D eigenvalue weighted by molar-refractivity contribution is -0.137. The Labute approximate surface area is 206 Å². The van der Waals surface area contributed by atoms with Crippen LogP contribution in [0.5, 0.6) is 5.75 Å². The number of hydrogen-bond donors (Lipinski definition) is 3. The highest BCUT2D eigenvalue weighted by atomic mass is 32.2. The van der Waals surface area contributed by atoms with Crippen molar-refractivity contribution >= 4 is 43.9 Å². The molecule has 0 saturated heterocycles. The van der Waals surface area contributed by atoms with E-state index in [1.165, 1.54) is 12.3 Å². The number of pyridine rings is 1. The number of carboxylic acids is 1. The fraction of sp³-hybridized carbons (Fsp3) is 0.120. The molecule has 11 heteroatoms. The standard InChI is InChI=1S/C25H22N4O6S/c26-25-18-7-2-1-6-17(18)23(36(32,33)34)14-21(25)29-28-16-11-12-20(27-15-16)19-8-3-4-9-22(19)35-13-5-10-24(30)31/h1-4,6-9,11-12,14-15H,5,10,13,26H2,(H,30,31)(H,32,33,34)/b29-28+. The largest absolute Gasteiger partial charge is 0.493 e. The molecule has 1 heterocycles. The van der Waals surface area contributed by atoms with Gasteiger partial charge in [0.15, 0.2) is 0 Å². The molecule has 0 radical (unpaired) electrons. The Bertz CT molecular complexity index is 1550. The fourth-order valence-electron chi connectivity index (χ4n) is 3.57. The first-order valence-electron chi connectivity index (χ1n) is 10.8. The number of benzene rings is 3. The summed E-state index contributed by atoms with van der Waals surface area (Å²) in [6.07, 6.45) is 1.89. The third-order valence-corrected chi connectivity index (χ3v) is 6.17. The van der Waals surface area contributed by atoms with Crippen LogP contribution in [0, 0.1) is 0 Å². The highest BCUT2D eigenvalue weighted by molar-refractivity contribution is 7.86. The first-order chi connectivity index (χ1) is 17.2. The predicted molar refractivity (Wildman–Crippen MR) is 134 cm³/mol. The second-order valence-electron chi connectivity index (χ2n) is 7.77. The van der Waals surface area contributed by atoms with Crippen LogP contribution in [0.3, 0.4) is 0 Å². The summed E-state index contributed by atoms with van der Waals surface area (Å²) in [5.41, 5.74) is 8.23. The summed E-state index contributed by atoms with van der Waals surface area (Å²) in [5, 5.41) is 17.7. The number of aliphatic carboxylic acids is 1. The van der Waals surface area contributed by atoms with E-state index in [1.807, 2.05) is 18.2 Å². The zero-order chi connectivity index (χ0) is 25.7. The number of azo groups is 1. The monoisotopic (exact) mass is 506 g/mol. The lowest BCUT2D eigenvalue weighted by atomic mass is 10.1. The molecule has 0 saturated carbocycles. The molecule has 0 amide bonds. The van der Waals surface area contributed by atoms with Crippen LogP contribution >= 0.6 is 0 Å². The average Bonchev–Trinajstić information content (AvgIpc) is 2.86. The molecule has 3 aromatic carbocycles. The van der Waals surface area contributed by atoms with Gasteiger partial charge in [0.2, 0.25) is 0 Å². The van der Waals surface area contributed by atoms with E-state index in [0.29, 0.717) is 28.9 Å². The normalized spacial score (nSPS) is 11.7. The predicted octanol–water partition coefficient (Wildman–Crippen LogP) is 5.39.